The number of carbonyl (C=O) groups is 1. The lowest BCUT2D eigenvalue weighted by Gasteiger charge is -2.14. The molecule has 2 rings (SSSR count). The molecule has 0 aromatic heterocycles. The van der Waals surface area contributed by atoms with Gasteiger partial charge in [0.05, 0.1) is 0 Å². The summed E-state index contributed by atoms with van der Waals surface area (Å²) in [5.41, 5.74) is 4.36. The second kappa shape index (κ2) is 8.06. The molecule has 23 heavy (non-hydrogen) atoms. The Kier molecular flexibility index (Phi) is 6.11. The van der Waals surface area contributed by atoms with Crippen LogP contribution in [-0.4, -0.2) is 15.4 Å². The van der Waals surface area contributed by atoms with Crippen molar-refractivity contribution < 1.29 is 9.00 Å². The van der Waals surface area contributed by atoms with Crippen LogP contribution in [0.4, 0.5) is 0 Å². The maximum Gasteiger partial charge on any atom is 0.235 e. The molecule has 0 aliphatic carbocycles. The van der Waals surface area contributed by atoms with Gasteiger partial charge >= 0.3 is 0 Å². The third-order valence-corrected chi connectivity index (χ3v) is 5.64. The van der Waals surface area contributed by atoms with Crippen molar-refractivity contribution >= 4 is 16.7 Å². The molecule has 0 saturated heterocycles. The molecule has 2 aromatic rings. The van der Waals surface area contributed by atoms with Crippen molar-refractivity contribution in [1.82, 2.24) is 5.32 Å². The van der Waals surface area contributed by atoms with Crippen molar-refractivity contribution in [1.29, 1.82) is 0 Å². The number of benzene rings is 2. The largest absolute Gasteiger partial charge is 0.351 e. The first-order valence-corrected chi connectivity index (χ1v) is 9.11. The van der Waals surface area contributed by atoms with Crippen LogP contribution in [0.1, 0.15) is 29.2 Å². The van der Waals surface area contributed by atoms with Crippen LogP contribution in [0, 0.1) is 13.8 Å². The van der Waals surface area contributed by atoms with Gasteiger partial charge in [-0.2, -0.15) is 0 Å². The van der Waals surface area contributed by atoms with Gasteiger partial charge in [0, 0.05) is 23.1 Å². The lowest BCUT2D eigenvalue weighted by Crippen LogP contribution is -2.35. The van der Waals surface area contributed by atoms with Crippen molar-refractivity contribution in [2.24, 2.45) is 0 Å². The Bertz CT molecular complexity index is 712. The second-order valence-corrected chi connectivity index (χ2v) is 7.50. The summed E-state index contributed by atoms with van der Waals surface area (Å²) in [6.07, 6.45) is 0. The molecule has 122 valence electrons. The van der Waals surface area contributed by atoms with E-state index < -0.39 is 16.0 Å². The van der Waals surface area contributed by atoms with Crippen molar-refractivity contribution in [3.8, 4) is 0 Å². The summed E-state index contributed by atoms with van der Waals surface area (Å²) >= 11 is 0. The van der Waals surface area contributed by atoms with E-state index in [2.05, 4.69) is 5.32 Å². The van der Waals surface area contributed by atoms with Crippen molar-refractivity contribution in [3.63, 3.8) is 0 Å². The monoisotopic (exact) mass is 329 g/mol. The molecule has 0 aliphatic heterocycles. The van der Waals surface area contributed by atoms with E-state index in [0.29, 0.717) is 12.3 Å². The number of hydrogen-bond donors (Lipinski definition) is 1. The molecule has 1 amide bonds. The number of aryl methyl sites for hydroxylation is 2. The Morgan fingerprint density at radius 2 is 1.52 bits per heavy atom. The summed E-state index contributed by atoms with van der Waals surface area (Å²) in [4.78, 5) is 12.2. The van der Waals surface area contributed by atoms with E-state index >= 15 is 0 Å². The number of rotatable bonds is 6. The van der Waals surface area contributed by atoms with Gasteiger partial charge in [-0.3, -0.25) is 9.00 Å². The Balaban J connectivity index is 1.93. The molecular weight excluding hydrogens is 306 g/mol. The highest BCUT2D eigenvalue weighted by Crippen LogP contribution is 2.12. The number of nitrogens with one attached hydrogen (secondary N) is 1. The fourth-order valence-corrected chi connectivity index (χ4v) is 3.51. The molecule has 0 saturated carbocycles. The highest BCUT2D eigenvalue weighted by atomic mass is 32.2. The molecule has 0 heterocycles. The Morgan fingerprint density at radius 3 is 2.09 bits per heavy atom. The van der Waals surface area contributed by atoms with Crippen LogP contribution in [0.5, 0.6) is 0 Å². The van der Waals surface area contributed by atoms with Gasteiger partial charge in [0.15, 0.2) is 0 Å². The molecule has 0 radical (unpaired) electrons. The van der Waals surface area contributed by atoms with Crippen molar-refractivity contribution in [2.75, 3.05) is 0 Å². The first kappa shape index (κ1) is 17.4. The van der Waals surface area contributed by atoms with E-state index in [1.54, 1.807) is 6.92 Å². The maximum atomic E-state index is 12.4. The van der Waals surface area contributed by atoms with Gasteiger partial charge in [0.25, 0.3) is 0 Å². The minimum Gasteiger partial charge on any atom is -0.351 e. The molecule has 4 heteroatoms. The standard InChI is InChI=1S/C19H23NO2S/c1-14-8-4-6-10-17(14)12-20-19(21)16(3)23(22)13-18-11-7-5-9-15(18)2/h4-11,16H,12-13H2,1-3H3,(H,20,21). The highest BCUT2D eigenvalue weighted by Gasteiger charge is 2.20. The maximum absolute atomic E-state index is 12.4. The molecule has 0 fully saturated rings. The third-order valence-electron chi connectivity index (χ3n) is 4.04. The molecular formula is C19H23NO2S. The average Bonchev–Trinajstić information content (AvgIpc) is 2.55. The minimum absolute atomic E-state index is 0.167. The van der Waals surface area contributed by atoms with Crippen LogP contribution in [-0.2, 0) is 27.9 Å². The molecule has 0 aliphatic rings. The van der Waals surface area contributed by atoms with Gasteiger partial charge < -0.3 is 5.32 Å². The fraction of sp³-hybridized carbons (Fsp3) is 0.316. The lowest BCUT2D eigenvalue weighted by molar-refractivity contribution is -0.120. The highest BCUT2D eigenvalue weighted by molar-refractivity contribution is 7.85. The zero-order chi connectivity index (χ0) is 16.8. The van der Waals surface area contributed by atoms with Gasteiger partial charge in [-0.05, 0) is 43.0 Å². The van der Waals surface area contributed by atoms with E-state index in [4.69, 9.17) is 0 Å². The Morgan fingerprint density at radius 1 is 1.00 bits per heavy atom. The van der Waals surface area contributed by atoms with Crippen LogP contribution in [0.15, 0.2) is 48.5 Å². The van der Waals surface area contributed by atoms with Gasteiger partial charge in [0.2, 0.25) is 5.91 Å². The summed E-state index contributed by atoms with van der Waals surface area (Å²) in [5.74, 6) is 0.242. The quantitative estimate of drug-likeness (QED) is 0.884. The van der Waals surface area contributed by atoms with Crippen LogP contribution in [0.2, 0.25) is 0 Å². The van der Waals surface area contributed by atoms with Gasteiger partial charge in [-0.25, -0.2) is 0 Å². The predicted octanol–water partition coefficient (Wildman–Crippen LogP) is 3.26. The fourth-order valence-electron chi connectivity index (χ4n) is 2.30. The van der Waals surface area contributed by atoms with Crippen molar-refractivity contribution in [3.05, 3.63) is 70.8 Å². The van der Waals surface area contributed by atoms with Gasteiger partial charge in [0.1, 0.15) is 5.25 Å². The molecule has 0 spiro atoms. The lowest BCUT2D eigenvalue weighted by atomic mass is 10.1. The summed E-state index contributed by atoms with van der Waals surface area (Å²) in [5, 5.41) is 2.36. The molecule has 2 unspecified atom stereocenters. The zero-order valence-corrected chi connectivity index (χ0v) is 14.7. The number of amides is 1. The van der Waals surface area contributed by atoms with Crippen LogP contribution in [0.3, 0.4) is 0 Å². The van der Waals surface area contributed by atoms with Gasteiger partial charge in [-0.1, -0.05) is 48.5 Å². The summed E-state index contributed by atoms with van der Waals surface area (Å²) < 4.78 is 12.4. The van der Waals surface area contributed by atoms with Crippen molar-refractivity contribution in [2.45, 2.75) is 38.3 Å². The number of carbonyl (C=O) groups excluding carboxylic acids is 1. The Labute approximate surface area is 140 Å². The van der Waals surface area contributed by atoms with E-state index in [0.717, 1.165) is 22.3 Å². The number of hydrogen-bond acceptors (Lipinski definition) is 2. The average molecular weight is 329 g/mol. The molecule has 2 atom stereocenters. The zero-order valence-electron chi connectivity index (χ0n) is 13.8. The summed E-state index contributed by atoms with van der Waals surface area (Å²) in [7, 11) is -1.23. The molecule has 2 aromatic carbocycles. The first-order chi connectivity index (χ1) is 11.0. The predicted molar refractivity (Wildman–Crippen MR) is 95.5 cm³/mol. The van der Waals surface area contributed by atoms with E-state index in [9.17, 15) is 9.00 Å². The summed E-state index contributed by atoms with van der Waals surface area (Å²) in [6, 6.07) is 15.8. The first-order valence-electron chi connectivity index (χ1n) is 7.73. The normalized spacial score (nSPS) is 13.3. The molecule has 3 nitrogen and oxygen atoms in total. The second-order valence-electron chi connectivity index (χ2n) is 5.74. The van der Waals surface area contributed by atoms with Crippen LogP contribution >= 0.6 is 0 Å². The smallest absolute Gasteiger partial charge is 0.235 e. The van der Waals surface area contributed by atoms with E-state index in [1.165, 1.54) is 0 Å². The van der Waals surface area contributed by atoms with E-state index in [-0.39, 0.29) is 5.91 Å². The van der Waals surface area contributed by atoms with Crippen LogP contribution in [0.25, 0.3) is 0 Å². The molecule has 0 bridgehead atoms. The topological polar surface area (TPSA) is 46.2 Å². The van der Waals surface area contributed by atoms with Crippen LogP contribution < -0.4 is 5.32 Å². The third kappa shape index (κ3) is 4.76. The minimum atomic E-state index is -1.23. The summed E-state index contributed by atoms with van der Waals surface area (Å²) in [6.45, 7) is 6.20. The Hall–Kier alpha value is -1.94. The SMILES string of the molecule is Cc1ccccc1CNC(=O)C(C)S(=O)Cc1ccccc1C. The molecule has 1 N–H and O–H groups in total. The van der Waals surface area contributed by atoms with Gasteiger partial charge in [-0.15, -0.1) is 0 Å². The van der Waals surface area contributed by atoms with E-state index in [1.807, 2.05) is 62.4 Å².